The van der Waals surface area contributed by atoms with E-state index < -0.39 is 10.0 Å². The Morgan fingerprint density at radius 2 is 1.64 bits per heavy atom. The molecule has 1 saturated heterocycles. The first-order valence-electron chi connectivity index (χ1n) is 10.4. The second kappa shape index (κ2) is 8.76. The number of aryl methyl sites for hydroxylation is 2. The minimum atomic E-state index is -3.39. The summed E-state index contributed by atoms with van der Waals surface area (Å²) in [7, 11) is -3.39. The molecule has 1 aliphatic carbocycles. The molecule has 0 bridgehead atoms. The molecular formula is C23H29NO3S. The summed E-state index contributed by atoms with van der Waals surface area (Å²) in [6.07, 6.45) is 6.16. The molecule has 4 rings (SSSR count). The number of benzene rings is 2. The van der Waals surface area contributed by atoms with Gasteiger partial charge in [-0.15, -0.1) is 0 Å². The summed E-state index contributed by atoms with van der Waals surface area (Å²) in [6, 6.07) is 15.9. The van der Waals surface area contributed by atoms with Crippen molar-refractivity contribution in [1.29, 1.82) is 0 Å². The minimum Gasteiger partial charge on any atom is -0.376 e. The zero-order valence-corrected chi connectivity index (χ0v) is 17.2. The number of hydrogen-bond donors (Lipinski definition) is 0. The topological polar surface area (TPSA) is 46.6 Å². The van der Waals surface area contributed by atoms with Crippen LogP contribution in [0.4, 0.5) is 0 Å². The van der Waals surface area contributed by atoms with Crippen molar-refractivity contribution in [3.8, 4) is 0 Å². The van der Waals surface area contributed by atoms with Crippen molar-refractivity contribution in [3.63, 3.8) is 0 Å². The van der Waals surface area contributed by atoms with E-state index in [2.05, 4.69) is 12.1 Å². The van der Waals surface area contributed by atoms with Gasteiger partial charge in [-0.25, -0.2) is 8.42 Å². The van der Waals surface area contributed by atoms with Gasteiger partial charge in [0.15, 0.2) is 0 Å². The highest BCUT2D eigenvalue weighted by Crippen LogP contribution is 2.28. The molecule has 0 unspecified atom stereocenters. The smallest absolute Gasteiger partial charge is 0.243 e. The highest BCUT2D eigenvalue weighted by atomic mass is 32.2. The van der Waals surface area contributed by atoms with Crippen LogP contribution in [0.3, 0.4) is 0 Å². The molecule has 150 valence electrons. The number of rotatable bonds is 6. The molecule has 0 spiro atoms. The van der Waals surface area contributed by atoms with Crippen LogP contribution in [0.2, 0.25) is 0 Å². The predicted molar refractivity (Wildman–Crippen MR) is 111 cm³/mol. The number of nitrogens with zero attached hydrogens (tertiary/aromatic N) is 1. The van der Waals surface area contributed by atoms with E-state index in [9.17, 15) is 8.42 Å². The lowest BCUT2D eigenvalue weighted by Crippen LogP contribution is -2.39. The molecule has 2 aromatic carbocycles. The van der Waals surface area contributed by atoms with Gasteiger partial charge >= 0.3 is 0 Å². The monoisotopic (exact) mass is 399 g/mol. The maximum absolute atomic E-state index is 13.1. The molecule has 1 aliphatic heterocycles. The summed E-state index contributed by atoms with van der Waals surface area (Å²) in [5.74, 6) is 0.429. The quantitative estimate of drug-likeness (QED) is 0.732. The minimum absolute atomic E-state index is 0.429. The predicted octanol–water partition coefficient (Wildman–Crippen LogP) is 4.18. The summed E-state index contributed by atoms with van der Waals surface area (Å²) in [5, 5.41) is 0. The van der Waals surface area contributed by atoms with Crippen LogP contribution in [0, 0.1) is 5.92 Å². The third kappa shape index (κ3) is 4.48. The van der Waals surface area contributed by atoms with Crippen LogP contribution in [-0.2, 0) is 34.2 Å². The standard InChI is InChI=1S/C23H29NO3S/c25-28(26,23-11-10-21-8-4-5-9-22(21)16-23)24-14-12-20(13-15-24)18-27-17-19-6-2-1-3-7-19/h1-3,6-7,10-11,16,20H,4-5,8-9,12-15,17-18H2. The largest absolute Gasteiger partial charge is 0.376 e. The Morgan fingerprint density at radius 1 is 0.929 bits per heavy atom. The Labute approximate surface area is 168 Å². The van der Waals surface area contributed by atoms with E-state index >= 15 is 0 Å². The third-order valence-electron chi connectivity index (χ3n) is 6.00. The molecule has 0 amide bonds. The van der Waals surface area contributed by atoms with Crippen LogP contribution in [0.5, 0.6) is 0 Å². The fourth-order valence-corrected chi connectivity index (χ4v) is 5.77. The molecule has 2 aliphatic rings. The molecule has 1 fully saturated rings. The normalized spacial score (nSPS) is 18.7. The van der Waals surface area contributed by atoms with Crippen molar-refractivity contribution in [2.75, 3.05) is 19.7 Å². The second-order valence-corrected chi connectivity index (χ2v) is 9.92. The lowest BCUT2D eigenvalue weighted by atomic mass is 9.92. The van der Waals surface area contributed by atoms with Gasteiger partial charge in [-0.2, -0.15) is 4.31 Å². The van der Waals surface area contributed by atoms with Crippen LogP contribution >= 0.6 is 0 Å². The molecule has 0 atom stereocenters. The van der Waals surface area contributed by atoms with Crippen molar-refractivity contribution >= 4 is 10.0 Å². The van der Waals surface area contributed by atoms with E-state index in [-0.39, 0.29) is 0 Å². The van der Waals surface area contributed by atoms with Crippen LogP contribution in [0.15, 0.2) is 53.4 Å². The fraction of sp³-hybridized carbons (Fsp3) is 0.478. The van der Waals surface area contributed by atoms with Gasteiger partial charge in [0.05, 0.1) is 11.5 Å². The lowest BCUT2D eigenvalue weighted by molar-refractivity contribution is 0.0688. The SMILES string of the molecule is O=S(=O)(c1ccc2c(c1)CCCC2)N1CCC(COCc2ccccc2)CC1. The third-order valence-corrected chi connectivity index (χ3v) is 7.89. The first kappa shape index (κ1) is 19.6. The van der Waals surface area contributed by atoms with Gasteiger partial charge in [-0.1, -0.05) is 36.4 Å². The van der Waals surface area contributed by atoms with Crippen molar-refractivity contribution in [1.82, 2.24) is 4.31 Å². The van der Waals surface area contributed by atoms with Crippen molar-refractivity contribution in [2.24, 2.45) is 5.92 Å². The summed E-state index contributed by atoms with van der Waals surface area (Å²) in [5.41, 5.74) is 3.71. The zero-order valence-electron chi connectivity index (χ0n) is 16.3. The summed E-state index contributed by atoms with van der Waals surface area (Å²) < 4.78 is 33.7. The summed E-state index contributed by atoms with van der Waals surface area (Å²) >= 11 is 0. The molecule has 28 heavy (non-hydrogen) atoms. The molecule has 2 aromatic rings. The second-order valence-electron chi connectivity index (χ2n) is 7.99. The summed E-state index contributed by atoms with van der Waals surface area (Å²) in [4.78, 5) is 0.465. The van der Waals surface area contributed by atoms with Crippen molar-refractivity contribution in [2.45, 2.75) is 50.0 Å². The zero-order chi connectivity index (χ0) is 19.4. The Kier molecular flexibility index (Phi) is 6.14. The molecular weight excluding hydrogens is 370 g/mol. The van der Waals surface area contributed by atoms with Crippen LogP contribution in [0.1, 0.15) is 42.4 Å². The van der Waals surface area contributed by atoms with Gasteiger partial charge in [-0.05, 0) is 73.3 Å². The molecule has 0 N–H and O–H groups in total. The molecule has 4 nitrogen and oxygen atoms in total. The fourth-order valence-electron chi connectivity index (χ4n) is 4.25. The maximum Gasteiger partial charge on any atom is 0.243 e. The average molecular weight is 400 g/mol. The Bertz CT molecular complexity index is 887. The van der Waals surface area contributed by atoms with Gasteiger partial charge in [0.25, 0.3) is 0 Å². The van der Waals surface area contributed by atoms with Gasteiger partial charge in [0.2, 0.25) is 10.0 Å². The van der Waals surface area contributed by atoms with E-state index in [1.54, 1.807) is 10.4 Å². The number of ether oxygens (including phenoxy) is 1. The van der Waals surface area contributed by atoms with Crippen molar-refractivity contribution in [3.05, 3.63) is 65.2 Å². The lowest BCUT2D eigenvalue weighted by Gasteiger charge is -2.31. The first-order valence-corrected chi connectivity index (χ1v) is 11.8. The van der Waals surface area contributed by atoms with Crippen LogP contribution < -0.4 is 0 Å². The average Bonchev–Trinajstić information content (AvgIpc) is 2.74. The van der Waals surface area contributed by atoms with E-state index in [4.69, 9.17) is 4.74 Å². The van der Waals surface area contributed by atoms with Gasteiger partial charge in [-0.3, -0.25) is 0 Å². The Balaban J connectivity index is 1.31. The number of hydrogen-bond acceptors (Lipinski definition) is 3. The Morgan fingerprint density at radius 3 is 2.39 bits per heavy atom. The summed E-state index contributed by atoms with van der Waals surface area (Å²) in [6.45, 7) is 2.48. The van der Waals surface area contributed by atoms with E-state index in [1.165, 1.54) is 23.1 Å². The molecule has 1 heterocycles. The van der Waals surface area contributed by atoms with E-state index in [0.29, 0.717) is 37.1 Å². The highest BCUT2D eigenvalue weighted by molar-refractivity contribution is 7.89. The number of fused-ring (bicyclic) bond motifs is 1. The molecule has 0 saturated carbocycles. The van der Waals surface area contributed by atoms with Crippen LogP contribution in [-0.4, -0.2) is 32.4 Å². The molecule has 0 aromatic heterocycles. The van der Waals surface area contributed by atoms with E-state index in [0.717, 1.165) is 32.1 Å². The van der Waals surface area contributed by atoms with Crippen LogP contribution in [0.25, 0.3) is 0 Å². The highest BCUT2D eigenvalue weighted by Gasteiger charge is 2.30. The van der Waals surface area contributed by atoms with Gasteiger partial charge in [0, 0.05) is 19.7 Å². The first-order chi connectivity index (χ1) is 13.6. The number of piperidine rings is 1. The molecule has 0 radical (unpaired) electrons. The molecule has 5 heteroatoms. The Hall–Kier alpha value is -1.69. The van der Waals surface area contributed by atoms with Gasteiger partial charge in [0.1, 0.15) is 0 Å². The van der Waals surface area contributed by atoms with Crippen molar-refractivity contribution < 1.29 is 13.2 Å². The number of sulfonamides is 1. The van der Waals surface area contributed by atoms with E-state index in [1.807, 2.05) is 30.3 Å². The van der Waals surface area contributed by atoms with Gasteiger partial charge < -0.3 is 4.74 Å². The maximum atomic E-state index is 13.1.